The van der Waals surface area contributed by atoms with Gasteiger partial charge in [-0.25, -0.2) is 0 Å². The number of hydrogen-bond donors (Lipinski definition) is 0. The van der Waals surface area contributed by atoms with Gasteiger partial charge in [-0.1, -0.05) is 6.92 Å². The molecule has 2 fully saturated rings. The number of aryl methyl sites for hydroxylation is 1. The van der Waals surface area contributed by atoms with E-state index in [0.29, 0.717) is 5.41 Å². The molecule has 2 unspecified atom stereocenters. The van der Waals surface area contributed by atoms with E-state index in [-0.39, 0.29) is 0 Å². The van der Waals surface area contributed by atoms with Crippen LogP contribution in [0.5, 0.6) is 0 Å². The van der Waals surface area contributed by atoms with Crippen LogP contribution in [0.2, 0.25) is 0 Å². The minimum absolute atomic E-state index is 0.449. The van der Waals surface area contributed by atoms with Gasteiger partial charge in [0.2, 0.25) is 0 Å². The highest BCUT2D eigenvalue weighted by molar-refractivity contribution is 7.11. The Morgan fingerprint density at radius 2 is 2.00 bits per heavy atom. The summed E-state index contributed by atoms with van der Waals surface area (Å²) in [5.41, 5.74) is 0.449. The van der Waals surface area contributed by atoms with Crippen molar-refractivity contribution in [2.75, 3.05) is 5.88 Å². The molecule has 2 heteroatoms. The number of alkyl halides is 1. The van der Waals surface area contributed by atoms with Gasteiger partial charge >= 0.3 is 0 Å². The second-order valence-electron chi connectivity index (χ2n) is 5.70. The first kappa shape index (κ1) is 11.1. The van der Waals surface area contributed by atoms with Crippen molar-refractivity contribution in [3.8, 4) is 0 Å². The zero-order chi connectivity index (χ0) is 11.2. The highest BCUT2D eigenvalue weighted by Gasteiger charge is 2.53. The average molecular weight is 255 g/mol. The van der Waals surface area contributed by atoms with Crippen LogP contribution in [0.4, 0.5) is 0 Å². The van der Waals surface area contributed by atoms with Gasteiger partial charge in [0, 0.05) is 15.6 Å². The summed E-state index contributed by atoms with van der Waals surface area (Å²) in [4.78, 5) is 3.07. The third-order valence-electron chi connectivity index (χ3n) is 4.36. The Kier molecular flexibility index (Phi) is 2.79. The maximum absolute atomic E-state index is 6.25. The van der Waals surface area contributed by atoms with Crippen molar-refractivity contribution in [2.24, 2.45) is 17.3 Å². The zero-order valence-electron chi connectivity index (χ0n) is 9.84. The lowest BCUT2D eigenvalue weighted by molar-refractivity contribution is 0.305. The summed E-state index contributed by atoms with van der Waals surface area (Å²) in [7, 11) is 0. The van der Waals surface area contributed by atoms with E-state index >= 15 is 0 Å². The van der Waals surface area contributed by atoms with Gasteiger partial charge < -0.3 is 0 Å². The molecule has 3 rings (SSSR count). The first-order chi connectivity index (χ1) is 7.74. The molecule has 0 N–H and O–H groups in total. The van der Waals surface area contributed by atoms with Crippen molar-refractivity contribution in [1.29, 1.82) is 0 Å². The van der Waals surface area contributed by atoms with E-state index in [2.05, 4.69) is 19.1 Å². The van der Waals surface area contributed by atoms with Crippen molar-refractivity contribution in [3.63, 3.8) is 0 Å². The first-order valence-corrected chi connectivity index (χ1v) is 7.73. The SMILES string of the molecule is CCc1ccc(CC2(CCl)CC3CC3C2)s1. The number of thiophene rings is 1. The molecule has 0 aromatic carbocycles. The standard InChI is InChI=1S/C14H19ClS/c1-2-12-3-4-13(16-12)8-14(9-15)6-10-5-11(10)7-14/h3-4,10-11H,2,5-9H2,1H3. The molecule has 0 nitrogen and oxygen atoms in total. The van der Waals surface area contributed by atoms with Gasteiger partial charge in [0.15, 0.2) is 0 Å². The lowest BCUT2D eigenvalue weighted by Gasteiger charge is -2.27. The normalized spacial score (nSPS) is 36.4. The fraction of sp³-hybridized carbons (Fsp3) is 0.714. The Bertz CT molecular complexity index is 372. The molecule has 1 aromatic rings. The topological polar surface area (TPSA) is 0 Å². The molecule has 16 heavy (non-hydrogen) atoms. The molecule has 0 bridgehead atoms. The highest BCUT2D eigenvalue weighted by atomic mass is 35.5. The van der Waals surface area contributed by atoms with Crippen molar-refractivity contribution >= 4 is 22.9 Å². The number of hydrogen-bond acceptors (Lipinski definition) is 1. The summed E-state index contributed by atoms with van der Waals surface area (Å²) in [5.74, 6) is 2.92. The predicted molar refractivity (Wildman–Crippen MR) is 71.4 cm³/mol. The van der Waals surface area contributed by atoms with E-state index in [0.717, 1.165) is 17.7 Å². The molecule has 1 aromatic heterocycles. The van der Waals surface area contributed by atoms with Gasteiger partial charge in [0.1, 0.15) is 0 Å². The smallest absolute Gasteiger partial charge is 0.0283 e. The average Bonchev–Trinajstić information content (AvgIpc) is 2.76. The first-order valence-electron chi connectivity index (χ1n) is 6.38. The molecular formula is C14H19ClS. The Hall–Kier alpha value is -0.0100. The quantitative estimate of drug-likeness (QED) is 0.694. The minimum atomic E-state index is 0.449. The molecule has 0 spiro atoms. The maximum Gasteiger partial charge on any atom is 0.0283 e. The lowest BCUT2D eigenvalue weighted by Crippen LogP contribution is -2.23. The molecule has 0 aliphatic heterocycles. The van der Waals surface area contributed by atoms with Crippen LogP contribution < -0.4 is 0 Å². The summed E-state index contributed by atoms with van der Waals surface area (Å²) < 4.78 is 0. The summed E-state index contributed by atoms with van der Waals surface area (Å²) in [6.45, 7) is 2.23. The highest BCUT2D eigenvalue weighted by Crippen LogP contribution is 2.61. The fourth-order valence-electron chi connectivity index (χ4n) is 3.38. The van der Waals surface area contributed by atoms with E-state index < -0.39 is 0 Å². The van der Waals surface area contributed by atoms with Crippen LogP contribution in [0.25, 0.3) is 0 Å². The molecule has 88 valence electrons. The van der Waals surface area contributed by atoms with Crippen molar-refractivity contribution in [2.45, 2.75) is 39.0 Å². The van der Waals surface area contributed by atoms with Gasteiger partial charge in [-0.15, -0.1) is 22.9 Å². The van der Waals surface area contributed by atoms with E-state index in [9.17, 15) is 0 Å². The van der Waals surface area contributed by atoms with Crippen LogP contribution in [0.15, 0.2) is 12.1 Å². The van der Waals surface area contributed by atoms with E-state index in [1.165, 1.54) is 37.0 Å². The van der Waals surface area contributed by atoms with Gasteiger partial charge in [-0.05, 0) is 61.5 Å². The third-order valence-corrected chi connectivity index (χ3v) is 6.15. The number of fused-ring (bicyclic) bond motifs is 1. The maximum atomic E-state index is 6.25. The summed E-state index contributed by atoms with van der Waals surface area (Å²) in [5, 5.41) is 0. The largest absolute Gasteiger partial charge is 0.145 e. The second kappa shape index (κ2) is 4.03. The van der Waals surface area contributed by atoms with Crippen molar-refractivity contribution < 1.29 is 0 Å². The van der Waals surface area contributed by atoms with Crippen molar-refractivity contribution in [1.82, 2.24) is 0 Å². The van der Waals surface area contributed by atoms with Gasteiger partial charge in [-0.3, -0.25) is 0 Å². The minimum Gasteiger partial charge on any atom is -0.145 e. The molecule has 2 aliphatic carbocycles. The zero-order valence-corrected chi connectivity index (χ0v) is 11.4. The van der Waals surface area contributed by atoms with E-state index in [1.54, 1.807) is 4.88 Å². The summed E-state index contributed by atoms with van der Waals surface area (Å²) in [6.07, 6.45) is 6.67. The molecule has 2 aliphatic rings. The molecule has 2 saturated carbocycles. The van der Waals surface area contributed by atoms with Gasteiger partial charge in [0.25, 0.3) is 0 Å². The molecular weight excluding hydrogens is 236 g/mol. The number of rotatable bonds is 4. The van der Waals surface area contributed by atoms with Crippen molar-refractivity contribution in [3.05, 3.63) is 21.9 Å². The molecule has 0 saturated heterocycles. The Labute approximate surface area is 107 Å². The van der Waals surface area contributed by atoms with Crippen LogP contribution in [-0.2, 0) is 12.8 Å². The third kappa shape index (κ3) is 1.93. The van der Waals surface area contributed by atoms with Gasteiger partial charge in [-0.2, -0.15) is 0 Å². The molecule has 1 heterocycles. The fourth-order valence-corrected chi connectivity index (χ4v) is 4.83. The Morgan fingerprint density at radius 3 is 2.56 bits per heavy atom. The molecule has 0 radical (unpaired) electrons. The van der Waals surface area contributed by atoms with Crippen LogP contribution in [0.1, 0.15) is 35.9 Å². The van der Waals surface area contributed by atoms with E-state index in [4.69, 9.17) is 11.6 Å². The van der Waals surface area contributed by atoms with Crippen LogP contribution in [-0.4, -0.2) is 5.88 Å². The Morgan fingerprint density at radius 1 is 1.31 bits per heavy atom. The second-order valence-corrected chi connectivity index (χ2v) is 7.22. The summed E-state index contributed by atoms with van der Waals surface area (Å²) in [6, 6.07) is 4.61. The van der Waals surface area contributed by atoms with Crippen LogP contribution >= 0.6 is 22.9 Å². The predicted octanol–water partition coefficient (Wildman–Crippen LogP) is 4.51. The van der Waals surface area contributed by atoms with E-state index in [1.807, 2.05) is 11.3 Å². The number of halogens is 1. The van der Waals surface area contributed by atoms with Crippen LogP contribution in [0.3, 0.4) is 0 Å². The summed E-state index contributed by atoms with van der Waals surface area (Å²) >= 11 is 8.24. The Balaban J connectivity index is 1.72. The monoisotopic (exact) mass is 254 g/mol. The lowest BCUT2D eigenvalue weighted by atomic mass is 9.81. The molecule has 0 amide bonds. The van der Waals surface area contributed by atoms with Gasteiger partial charge in [0.05, 0.1) is 0 Å². The molecule has 2 atom stereocenters. The van der Waals surface area contributed by atoms with Crippen LogP contribution in [0, 0.1) is 17.3 Å².